The van der Waals surface area contributed by atoms with E-state index < -0.39 is 0 Å². The van der Waals surface area contributed by atoms with Crippen LogP contribution in [0.5, 0.6) is 0 Å². The van der Waals surface area contributed by atoms with Crippen molar-refractivity contribution < 1.29 is 0 Å². The Morgan fingerprint density at radius 3 is 1.25 bits per heavy atom. The Morgan fingerprint density at radius 2 is 0.821 bits per heavy atom. The largest absolute Gasteiger partial charge is 0.306 e. The fourth-order valence-electron chi connectivity index (χ4n) is 4.45. The van der Waals surface area contributed by atoms with Crippen LogP contribution in [0.15, 0.2) is 0 Å². The van der Waals surface area contributed by atoms with Crippen molar-refractivity contribution in [2.45, 2.75) is 155 Å². The standard InChI is InChI=1S/C27H57N/c1-6-8-10-11-13-17-20-24-27(28(4)5)25-21-18-15-12-14-16-19-23-26(3)22-9-7-2/h26-27H,6-25H2,1-5H3. The monoisotopic (exact) mass is 395 g/mol. The van der Waals surface area contributed by atoms with Crippen LogP contribution >= 0.6 is 0 Å². The molecule has 0 aliphatic rings. The van der Waals surface area contributed by atoms with Gasteiger partial charge in [0.25, 0.3) is 0 Å². The highest BCUT2D eigenvalue weighted by atomic mass is 15.1. The fraction of sp³-hybridized carbons (Fsp3) is 1.00. The van der Waals surface area contributed by atoms with Crippen LogP contribution in [-0.4, -0.2) is 25.0 Å². The molecular weight excluding hydrogens is 338 g/mol. The highest BCUT2D eigenvalue weighted by Crippen LogP contribution is 2.19. The van der Waals surface area contributed by atoms with E-state index in [0.717, 1.165) is 12.0 Å². The van der Waals surface area contributed by atoms with E-state index in [-0.39, 0.29) is 0 Å². The third-order valence-electron chi connectivity index (χ3n) is 6.66. The molecule has 0 saturated heterocycles. The van der Waals surface area contributed by atoms with Gasteiger partial charge in [0.1, 0.15) is 0 Å². The molecule has 0 saturated carbocycles. The molecular formula is C27H57N. The summed E-state index contributed by atoms with van der Waals surface area (Å²) < 4.78 is 0. The Morgan fingerprint density at radius 1 is 0.464 bits per heavy atom. The highest BCUT2D eigenvalue weighted by molar-refractivity contribution is 4.67. The van der Waals surface area contributed by atoms with Crippen molar-refractivity contribution in [2.75, 3.05) is 14.1 Å². The molecule has 0 aliphatic carbocycles. The van der Waals surface area contributed by atoms with Crippen molar-refractivity contribution in [2.24, 2.45) is 5.92 Å². The number of hydrogen-bond donors (Lipinski definition) is 0. The summed E-state index contributed by atoms with van der Waals surface area (Å²) in [6.45, 7) is 7.06. The Hall–Kier alpha value is -0.0400. The lowest BCUT2D eigenvalue weighted by atomic mass is 9.96. The van der Waals surface area contributed by atoms with Crippen molar-refractivity contribution in [1.82, 2.24) is 4.90 Å². The van der Waals surface area contributed by atoms with Gasteiger partial charge < -0.3 is 4.90 Å². The third-order valence-corrected chi connectivity index (χ3v) is 6.66. The van der Waals surface area contributed by atoms with E-state index in [0.29, 0.717) is 0 Å². The van der Waals surface area contributed by atoms with Gasteiger partial charge in [-0.2, -0.15) is 0 Å². The van der Waals surface area contributed by atoms with Gasteiger partial charge >= 0.3 is 0 Å². The van der Waals surface area contributed by atoms with Crippen LogP contribution in [0.25, 0.3) is 0 Å². The molecule has 0 fully saturated rings. The Kier molecular flexibility index (Phi) is 21.6. The molecule has 0 aromatic carbocycles. The summed E-state index contributed by atoms with van der Waals surface area (Å²) in [5.74, 6) is 0.958. The van der Waals surface area contributed by atoms with E-state index in [1.807, 2.05) is 0 Å². The molecule has 0 aromatic rings. The van der Waals surface area contributed by atoms with Crippen molar-refractivity contribution in [1.29, 1.82) is 0 Å². The minimum atomic E-state index is 0.820. The topological polar surface area (TPSA) is 3.24 Å². The van der Waals surface area contributed by atoms with E-state index in [1.54, 1.807) is 0 Å². The molecule has 2 unspecified atom stereocenters. The Labute approximate surface area is 180 Å². The minimum absolute atomic E-state index is 0.820. The third kappa shape index (κ3) is 19.3. The first-order valence-corrected chi connectivity index (χ1v) is 13.3. The van der Waals surface area contributed by atoms with E-state index in [2.05, 4.69) is 39.8 Å². The molecule has 0 heterocycles. The van der Waals surface area contributed by atoms with Gasteiger partial charge in [0.15, 0.2) is 0 Å². The molecule has 28 heavy (non-hydrogen) atoms. The predicted molar refractivity (Wildman–Crippen MR) is 130 cm³/mol. The summed E-state index contributed by atoms with van der Waals surface area (Å²) in [5, 5.41) is 0. The molecule has 0 N–H and O–H groups in total. The second kappa shape index (κ2) is 21.7. The molecule has 0 radical (unpaired) electrons. The van der Waals surface area contributed by atoms with Crippen molar-refractivity contribution in [3.05, 3.63) is 0 Å². The number of unbranched alkanes of at least 4 members (excludes halogenated alkanes) is 13. The maximum Gasteiger partial charge on any atom is 0.00891 e. The Bertz CT molecular complexity index is 286. The highest BCUT2D eigenvalue weighted by Gasteiger charge is 2.10. The van der Waals surface area contributed by atoms with Crippen LogP contribution in [0.2, 0.25) is 0 Å². The number of nitrogens with zero attached hydrogens (tertiary/aromatic N) is 1. The van der Waals surface area contributed by atoms with E-state index in [1.165, 1.54) is 128 Å². The van der Waals surface area contributed by atoms with E-state index in [9.17, 15) is 0 Å². The van der Waals surface area contributed by atoms with Crippen LogP contribution < -0.4 is 0 Å². The summed E-state index contributed by atoms with van der Waals surface area (Å²) in [5.41, 5.74) is 0. The maximum absolute atomic E-state index is 2.48. The number of rotatable bonds is 22. The van der Waals surface area contributed by atoms with Crippen molar-refractivity contribution in [3.8, 4) is 0 Å². The maximum atomic E-state index is 2.48. The van der Waals surface area contributed by atoms with Gasteiger partial charge in [-0.25, -0.2) is 0 Å². The smallest absolute Gasteiger partial charge is 0.00891 e. The van der Waals surface area contributed by atoms with E-state index in [4.69, 9.17) is 0 Å². The van der Waals surface area contributed by atoms with Gasteiger partial charge in [-0.1, -0.05) is 136 Å². The zero-order valence-electron chi connectivity index (χ0n) is 20.7. The molecule has 1 nitrogen and oxygen atoms in total. The molecule has 1 heteroatoms. The average molecular weight is 396 g/mol. The van der Waals surface area contributed by atoms with Crippen molar-refractivity contribution >= 4 is 0 Å². The summed E-state index contributed by atoms with van der Waals surface area (Å²) >= 11 is 0. The second-order valence-corrected chi connectivity index (χ2v) is 9.83. The quantitative estimate of drug-likeness (QED) is 0.165. The average Bonchev–Trinajstić information content (AvgIpc) is 2.68. The Balaban J connectivity index is 3.49. The lowest BCUT2D eigenvalue weighted by molar-refractivity contribution is 0.251. The molecule has 0 aliphatic heterocycles. The molecule has 0 bridgehead atoms. The van der Waals surface area contributed by atoms with Crippen LogP contribution in [-0.2, 0) is 0 Å². The molecule has 0 rings (SSSR count). The van der Waals surface area contributed by atoms with Gasteiger partial charge in [0, 0.05) is 6.04 Å². The molecule has 0 amide bonds. The summed E-state index contributed by atoms with van der Waals surface area (Å²) in [4.78, 5) is 2.48. The first kappa shape index (κ1) is 28.0. The van der Waals surface area contributed by atoms with Gasteiger partial charge in [0.2, 0.25) is 0 Å². The van der Waals surface area contributed by atoms with Crippen LogP contribution in [0.3, 0.4) is 0 Å². The van der Waals surface area contributed by atoms with Gasteiger partial charge in [0.05, 0.1) is 0 Å². The van der Waals surface area contributed by atoms with Crippen LogP contribution in [0.4, 0.5) is 0 Å². The summed E-state index contributed by atoms with van der Waals surface area (Å²) in [6, 6.07) is 0.820. The van der Waals surface area contributed by atoms with Crippen LogP contribution in [0, 0.1) is 5.92 Å². The molecule has 170 valence electrons. The van der Waals surface area contributed by atoms with Crippen molar-refractivity contribution in [3.63, 3.8) is 0 Å². The molecule has 0 spiro atoms. The minimum Gasteiger partial charge on any atom is -0.306 e. The normalized spacial score (nSPS) is 13.9. The van der Waals surface area contributed by atoms with Gasteiger partial charge in [-0.3, -0.25) is 0 Å². The van der Waals surface area contributed by atoms with Crippen LogP contribution in [0.1, 0.15) is 149 Å². The first-order valence-electron chi connectivity index (χ1n) is 13.3. The van der Waals surface area contributed by atoms with Gasteiger partial charge in [-0.05, 0) is 32.9 Å². The SMILES string of the molecule is CCCCCCCCCC(CCCCCCCCCC(C)CCCC)N(C)C. The summed E-state index contributed by atoms with van der Waals surface area (Å²) in [7, 11) is 4.57. The zero-order chi connectivity index (χ0) is 20.9. The second-order valence-electron chi connectivity index (χ2n) is 9.83. The van der Waals surface area contributed by atoms with E-state index >= 15 is 0 Å². The first-order chi connectivity index (χ1) is 13.6. The zero-order valence-corrected chi connectivity index (χ0v) is 20.7. The fourth-order valence-corrected chi connectivity index (χ4v) is 4.45. The predicted octanol–water partition coefficient (Wildman–Crippen LogP) is 9.39. The molecule has 0 aromatic heterocycles. The molecule has 2 atom stereocenters. The lowest BCUT2D eigenvalue weighted by Crippen LogP contribution is -2.27. The number of hydrogen-bond acceptors (Lipinski definition) is 1. The summed E-state index contributed by atoms with van der Waals surface area (Å²) in [6.07, 6.45) is 28.8. The lowest BCUT2D eigenvalue weighted by Gasteiger charge is -2.24. The van der Waals surface area contributed by atoms with Gasteiger partial charge in [-0.15, -0.1) is 0 Å².